The van der Waals surface area contributed by atoms with Crippen molar-refractivity contribution in [2.75, 3.05) is 7.11 Å². The number of hydrogen-bond acceptors (Lipinski definition) is 5. The van der Waals surface area contributed by atoms with Crippen molar-refractivity contribution >= 4 is 0 Å². The molecule has 1 aromatic heterocycles. The lowest BCUT2D eigenvalue weighted by Crippen LogP contribution is -2.08. The van der Waals surface area contributed by atoms with Gasteiger partial charge >= 0.3 is 6.18 Å². The van der Waals surface area contributed by atoms with Gasteiger partial charge in [0, 0.05) is 6.07 Å². The maximum absolute atomic E-state index is 12.4. The van der Waals surface area contributed by atoms with E-state index in [4.69, 9.17) is 14.6 Å². The quantitative estimate of drug-likeness (QED) is 0.940. The molecule has 1 aromatic carbocycles. The van der Waals surface area contributed by atoms with Gasteiger partial charge in [0.1, 0.15) is 0 Å². The molecule has 0 saturated heterocycles. The number of ether oxygens (including phenoxy) is 2. The molecule has 0 radical (unpaired) electrons. The smallest absolute Gasteiger partial charge is 0.435 e. The van der Waals surface area contributed by atoms with E-state index in [-0.39, 0.29) is 18.2 Å². The summed E-state index contributed by atoms with van der Waals surface area (Å²) in [6.07, 6.45) is -4.55. The first-order valence-electron chi connectivity index (χ1n) is 5.80. The molecule has 2 rings (SSSR count). The van der Waals surface area contributed by atoms with E-state index in [9.17, 15) is 13.2 Å². The summed E-state index contributed by atoms with van der Waals surface area (Å²) in [5.74, 6) is 0.477. The molecule has 0 bridgehead atoms. The van der Waals surface area contributed by atoms with E-state index >= 15 is 0 Å². The molecule has 0 spiro atoms. The number of nitrogens with zero attached hydrogens (tertiary/aromatic N) is 2. The average molecular weight is 300 g/mol. The van der Waals surface area contributed by atoms with Crippen LogP contribution in [0.1, 0.15) is 11.3 Å². The van der Waals surface area contributed by atoms with Crippen LogP contribution in [0.15, 0.2) is 30.3 Å². The van der Waals surface area contributed by atoms with Crippen LogP contribution in [0.3, 0.4) is 0 Å². The predicted molar refractivity (Wildman–Crippen MR) is 66.0 cm³/mol. The molecule has 1 heterocycles. The second-order valence-electron chi connectivity index (χ2n) is 4.00. The standard InChI is InChI=1S/C13H11F3N2O3/c1-20-10-6-8(7-19)2-3-9(10)21-12-5-4-11(17-18-12)13(14,15)16/h2-6,19H,7H2,1H3. The van der Waals surface area contributed by atoms with Gasteiger partial charge in [0.2, 0.25) is 5.88 Å². The number of aliphatic hydroxyl groups excluding tert-OH is 1. The second-order valence-corrected chi connectivity index (χ2v) is 4.00. The van der Waals surface area contributed by atoms with Crippen molar-refractivity contribution in [2.24, 2.45) is 0 Å². The number of hydrogen-bond donors (Lipinski definition) is 1. The van der Waals surface area contributed by atoms with Crippen LogP contribution in [-0.4, -0.2) is 22.4 Å². The van der Waals surface area contributed by atoms with E-state index in [2.05, 4.69) is 10.2 Å². The van der Waals surface area contributed by atoms with Gasteiger partial charge in [0.05, 0.1) is 13.7 Å². The molecule has 1 N–H and O–H groups in total. The van der Waals surface area contributed by atoms with Gasteiger partial charge in [-0.05, 0) is 23.8 Å². The topological polar surface area (TPSA) is 64.5 Å². The van der Waals surface area contributed by atoms with Crippen LogP contribution in [0.4, 0.5) is 13.2 Å². The fraction of sp³-hybridized carbons (Fsp3) is 0.231. The van der Waals surface area contributed by atoms with Crippen molar-refractivity contribution in [3.05, 3.63) is 41.6 Å². The highest BCUT2D eigenvalue weighted by Gasteiger charge is 2.33. The first-order chi connectivity index (χ1) is 9.94. The molecule has 2 aromatic rings. The van der Waals surface area contributed by atoms with E-state index in [0.717, 1.165) is 12.1 Å². The number of aromatic nitrogens is 2. The summed E-state index contributed by atoms with van der Waals surface area (Å²) in [4.78, 5) is 0. The minimum Gasteiger partial charge on any atom is -0.493 e. The van der Waals surface area contributed by atoms with Crippen molar-refractivity contribution in [3.63, 3.8) is 0 Å². The van der Waals surface area contributed by atoms with Gasteiger partial charge in [-0.15, -0.1) is 10.2 Å². The lowest BCUT2D eigenvalue weighted by Gasteiger charge is -2.11. The Bertz CT molecular complexity index is 615. The van der Waals surface area contributed by atoms with Crippen LogP contribution in [0.2, 0.25) is 0 Å². The Morgan fingerprint density at radius 1 is 1.10 bits per heavy atom. The first kappa shape index (κ1) is 15.0. The van der Waals surface area contributed by atoms with E-state index in [1.54, 1.807) is 12.1 Å². The Kier molecular flexibility index (Phi) is 4.27. The van der Waals surface area contributed by atoms with Crippen molar-refractivity contribution in [1.82, 2.24) is 10.2 Å². The van der Waals surface area contributed by atoms with E-state index in [1.807, 2.05) is 0 Å². The highest BCUT2D eigenvalue weighted by molar-refractivity contribution is 5.44. The van der Waals surface area contributed by atoms with Crippen molar-refractivity contribution in [2.45, 2.75) is 12.8 Å². The van der Waals surface area contributed by atoms with E-state index in [1.165, 1.54) is 13.2 Å². The number of benzene rings is 1. The van der Waals surface area contributed by atoms with Gasteiger partial charge in [-0.3, -0.25) is 0 Å². The SMILES string of the molecule is COc1cc(CO)ccc1Oc1ccc(C(F)(F)F)nn1. The number of methoxy groups -OCH3 is 1. The first-order valence-corrected chi connectivity index (χ1v) is 5.80. The molecule has 5 nitrogen and oxygen atoms in total. The monoisotopic (exact) mass is 300 g/mol. The Morgan fingerprint density at radius 2 is 1.86 bits per heavy atom. The Labute approximate surface area is 118 Å². The summed E-state index contributed by atoms with van der Waals surface area (Å²) in [5.41, 5.74) is -0.491. The summed E-state index contributed by atoms with van der Waals surface area (Å²) in [7, 11) is 1.40. The van der Waals surface area contributed by atoms with Crippen molar-refractivity contribution in [1.29, 1.82) is 0 Å². The lowest BCUT2D eigenvalue weighted by molar-refractivity contribution is -0.141. The molecule has 0 aliphatic rings. The summed E-state index contributed by atoms with van der Waals surface area (Å²) in [5, 5.41) is 15.4. The molecular formula is C13H11F3N2O3. The zero-order valence-corrected chi connectivity index (χ0v) is 10.9. The molecular weight excluding hydrogens is 289 g/mol. The average Bonchev–Trinajstić information content (AvgIpc) is 2.47. The lowest BCUT2D eigenvalue weighted by atomic mass is 10.2. The molecule has 0 atom stereocenters. The van der Waals surface area contributed by atoms with Crippen molar-refractivity contribution in [3.8, 4) is 17.4 Å². The van der Waals surface area contributed by atoms with Gasteiger partial charge in [-0.25, -0.2) is 0 Å². The second kappa shape index (κ2) is 5.96. The Morgan fingerprint density at radius 3 is 2.38 bits per heavy atom. The fourth-order valence-corrected chi connectivity index (χ4v) is 1.53. The molecule has 0 amide bonds. The van der Waals surface area contributed by atoms with Crippen LogP contribution < -0.4 is 9.47 Å². The summed E-state index contributed by atoms with van der Waals surface area (Å²) < 4.78 is 47.5. The molecule has 21 heavy (non-hydrogen) atoms. The third-order valence-electron chi connectivity index (χ3n) is 2.56. The largest absolute Gasteiger partial charge is 0.493 e. The van der Waals surface area contributed by atoms with Crippen LogP contribution in [0.5, 0.6) is 17.4 Å². The molecule has 0 aliphatic carbocycles. The molecule has 0 unspecified atom stereocenters. The normalized spacial score (nSPS) is 11.3. The third-order valence-corrected chi connectivity index (χ3v) is 2.56. The summed E-state index contributed by atoms with van der Waals surface area (Å²) in [6, 6.07) is 6.50. The fourth-order valence-electron chi connectivity index (χ4n) is 1.53. The Hall–Kier alpha value is -2.35. The van der Waals surface area contributed by atoms with Gasteiger partial charge in [0.15, 0.2) is 17.2 Å². The zero-order chi connectivity index (χ0) is 15.5. The van der Waals surface area contributed by atoms with Crippen molar-refractivity contribution < 1.29 is 27.8 Å². The number of rotatable bonds is 4. The third kappa shape index (κ3) is 3.60. The maximum Gasteiger partial charge on any atom is 0.435 e. The minimum atomic E-state index is -4.55. The van der Waals surface area contributed by atoms with Gasteiger partial charge in [-0.2, -0.15) is 13.2 Å². The molecule has 8 heteroatoms. The molecule has 0 saturated carbocycles. The van der Waals surface area contributed by atoms with Crippen LogP contribution in [0, 0.1) is 0 Å². The number of halogens is 3. The maximum atomic E-state index is 12.4. The zero-order valence-electron chi connectivity index (χ0n) is 10.9. The minimum absolute atomic E-state index is 0.0990. The summed E-state index contributed by atoms with van der Waals surface area (Å²) >= 11 is 0. The van der Waals surface area contributed by atoms with E-state index < -0.39 is 11.9 Å². The van der Waals surface area contributed by atoms with Gasteiger partial charge < -0.3 is 14.6 Å². The number of alkyl halides is 3. The van der Waals surface area contributed by atoms with E-state index in [0.29, 0.717) is 11.3 Å². The van der Waals surface area contributed by atoms with Crippen LogP contribution >= 0.6 is 0 Å². The molecule has 0 fully saturated rings. The van der Waals surface area contributed by atoms with Gasteiger partial charge in [-0.1, -0.05) is 6.07 Å². The highest BCUT2D eigenvalue weighted by Crippen LogP contribution is 2.32. The summed E-state index contributed by atoms with van der Waals surface area (Å²) in [6.45, 7) is -0.170. The predicted octanol–water partition coefficient (Wildman–Crippen LogP) is 2.79. The Balaban J connectivity index is 2.22. The number of aliphatic hydroxyl groups is 1. The van der Waals surface area contributed by atoms with Crippen LogP contribution in [0.25, 0.3) is 0 Å². The highest BCUT2D eigenvalue weighted by atomic mass is 19.4. The molecule has 112 valence electrons. The molecule has 0 aliphatic heterocycles. The van der Waals surface area contributed by atoms with Gasteiger partial charge in [0.25, 0.3) is 0 Å². The van der Waals surface area contributed by atoms with Crippen LogP contribution in [-0.2, 0) is 12.8 Å².